The Labute approximate surface area is 156 Å². The zero-order chi connectivity index (χ0) is 18.2. The summed E-state index contributed by atoms with van der Waals surface area (Å²) in [6.45, 7) is 2.30. The molecule has 1 amide bonds. The molecule has 0 atom stereocenters. The van der Waals surface area contributed by atoms with Gasteiger partial charge < -0.3 is 5.32 Å². The standard InChI is InChI=1S/C17H16Cl2N2O3S/c1-11-9-13(21-7-2-8-25(21,23)24)4-6-16(11)20-17(22)12-3-5-14(18)15(19)10-12/h3-6,9-10H,2,7-8H2,1H3,(H,20,22). The summed E-state index contributed by atoms with van der Waals surface area (Å²) < 4.78 is 25.4. The lowest BCUT2D eigenvalue weighted by molar-refractivity contribution is 0.102. The highest BCUT2D eigenvalue weighted by Crippen LogP contribution is 2.28. The van der Waals surface area contributed by atoms with Crippen LogP contribution < -0.4 is 9.62 Å². The van der Waals surface area contributed by atoms with E-state index in [4.69, 9.17) is 23.2 Å². The first-order valence-electron chi connectivity index (χ1n) is 7.65. The smallest absolute Gasteiger partial charge is 0.255 e. The number of hydrogen-bond donors (Lipinski definition) is 1. The van der Waals surface area contributed by atoms with Gasteiger partial charge >= 0.3 is 0 Å². The summed E-state index contributed by atoms with van der Waals surface area (Å²) >= 11 is 11.8. The van der Waals surface area contributed by atoms with Gasteiger partial charge in [-0.2, -0.15) is 0 Å². The van der Waals surface area contributed by atoms with Crippen molar-refractivity contribution in [2.75, 3.05) is 21.9 Å². The molecule has 2 aromatic rings. The van der Waals surface area contributed by atoms with Crippen LogP contribution in [0, 0.1) is 6.92 Å². The van der Waals surface area contributed by atoms with Crippen LogP contribution in [0.15, 0.2) is 36.4 Å². The first kappa shape index (κ1) is 18.0. The highest BCUT2D eigenvalue weighted by Gasteiger charge is 2.28. The number of amides is 1. The van der Waals surface area contributed by atoms with E-state index in [1.807, 2.05) is 6.92 Å². The van der Waals surface area contributed by atoms with E-state index in [1.54, 1.807) is 30.3 Å². The van der Waals surface area contributed by atoms with E-state index in [2.05, 4.69) is 5.32 Å². The molecule has 1 aliphatic heterocycles. The van der Waals surface area contributed by atoms with Gasteiger partial charge in [0.1, 0.15) is 0 Å². The Kier molecular flexibility index (Phi) is 4.95. The topological polar surface area (TPSA) is 66.5 Å². The maximum absolute atomic E-state index is 12.4. The van der Waals surface area contributed by atoms with Crippen LogP contribution in [0.5, 0.6) is 0 Å². The number of benzene rings is 2. The van der Waals surface area contributed by atoms with Crippen molar-refractivity contribution in [1.29, 1.82) is 0 Å². The van der Waals surface area contributed by atoms with Crippen LogP contribution in [0.4, 0.5) is 11.4 Å². The third kappa shape index (κ3) is 3.76. The molecule has 1 saturated heterocycles. The summed E-state index contributed by atoms with van der Waals surface area (Å²) in [7, 11) is -3.23. The first-order valence-corrected chi connectivity index (χ1v) is 10.0. The number of halogens is 2. The van der Waals surface area contributed by atoms with Crippen LogP contribution in [0.25, 0.3) is 0 Å². The lowest BCUT2D eigenvalue weighted by atomic mass is 10.1. The summed E-state index contributed by atoms with van der Waals surface area (Å²) in [6.07, 6.45) is 0.622. The van der Waals surface area contributed by atoms with Crippen molar-refractivity contribution in [2.45, 2.75) is 13.3 Å². The second kappa shape index (κ2) is 6.86. The molecule has 3 rings (SSSR count). The van der Waals surface area contributed by atoms with Crippen LogP contribution in [0.2, 0.25) is 10.0 Å². The van der Waals surface area contributed by atoms with E-state index in [-0.39, 0.29) is 11.7 Å². The van der Waals surface area contributed by atoms with Crippen molar-refractivity contribution in [2.24, 2.45) is 0 Å². The van der Waals surface area contributed by atoms with Gasteiger partial charge in [0.25, 0.3) is 5.91 Å². The van der Waals surface area contributed by atoms with Crippen molar-refractivity contribution in [3.05, 3.63) is 57.6 Å². The van der Waals surface area contributed by atoms with Gasteiger partial charge in [-0.05, 0) is 55.3 Å². The van der Waals surface area contributed by atoms with Gasteiger partial charge in [0.15, 0.2) is 0 Å². The number of hydrogen-bond acceptors (Lipinski definition) is 3. The van der Waals surface area contributed by atoms with Gasteiger partial charge in [-0.15, -0.1) is 0 Å². The molecule has 132 valence electrons. The summed E-state index contributed by atoms with van der Waals surface area (Å²) in [5.74, 6) is -0.148. The average molecular weight is 399 g/mol. The predicted molar refractivity (Wildman–Crippen MR) is 101 cm³/mol. The largest absolute Gasteiger partial charge is 0.322 e. The molecule has 0 saturated carbocycles. The SMILES string of the molecule is Cc1cc(N2CCCS2(=O)=O)ccc1NC(=O)c1ccc(Cl)c(Cl)c1. The third-order valence-electron chi connectivity index (χ3n) is 4.03. The number of aryl methyl sites for hydroxylation is 1. The van der Waals surface area contributed by atoms with Gasteiger partial charge in [-0.3, -0.25) is 9.10 Å². The molecule has 1 fully saturated rings. The molecule has 2 aromatic carbocycles. The molecule has 1 aliphatic rings. The molecule has 8 heteroatoms. The molecule has 0 aromatic heterocycles. The minimum absolute atomic E-state index is 0.169. The number of anilines is 2. The first-order chi connectivity index (χ1) is 11.8. The third-order valence-corrected chi connectivity index (χ3v) is 6.64. The second-order valence-electron chi connectivity index (χ2n) is 5.82. The van der Waals surface area contributed by atoms with Gasteiger partial charge in [0, 0.05) is 17.8 Å². The highest BCUT2D eigenvalue weighted by molar-refractivity contribution is 7.93. The molecular formula is C17H16Cl2N2O3S. The monoisotopic (exact) mass is 398 g/mol. The molecule has 0 unspecified atom stereocenters. The minimum Gasteiger partial charge on any atom is -0.322 e. The van der Waals surface area contributed by atoms with Crippen LogP contribution in [-0.4, -0.2) is 26.6 Å². The Bertz CT molecular complexity index is 945. The number of carbonyl (C=O) groups is 1. The van der Waals surface area contributed by atoms with E-state index in [9.17, 15) is 13.2 Å². The summed E-state index contributed by atoms with van der Waals surface area (Å²) in [5.41, 5.74) is 2.38. The molecular weight excluding hydrogens is 383 g/mol. The van der Waals surface area contributed by atoms with E-state index < -0.39 is 10.0 Å². The maximum Gasteiger partial charge on any atom is 0.255 e. The number of carbonyl (C=O) groups excluding carboxylic acids is 1. The fraction of sp³-hybridized carbons (Fsp3) is 0.235. The molecule has 25 heavy (non-hydrogen) atoms. The fourth-order valence-corrected chi connectivity index (χ4v) is 4.56. The van der Waals surface area contributed by atoms with Crippen LogP contribution in [-0.2, 0) is 10.0 Å². The highest BCUT2D eigenvalue weighted by atomic mass is 35.5. The number of rotatable bonds is 3. The lowest BCUT2D eigenvalue weighted by Gasteiger charge is -2.18. The Morgan fingerprint density at radius 2 is 1.88 bits per heavy atom. The van der Waals surface area contributed by atoms with Gasteiger partial charge in [0.2, 0.25) is 10.0 Å². The predicted octanol–water partition coefficient (Wildman–Crippen LogP) is 4.09. The number of sulfonamides is 1. The summed E-state index contributed by atoms with van der Waals surface area (Å²) in [4.78, 5) is 12.4. The number of nitrogens with zero attached hydrogens (tertiary/aromatic N) is 1. The van der Waals surface area contributed by atoms with Gasteiger partial charge in [0.05, 0.1) is 21.5 Å². The van der Waals surface area contributed by atoms with Gasteiger partial charge in [-0.1, -0.05) is 23.2 Å². The van der Waals surface area contributed by atoms with Crippen molar-refractivity contribution in [3.63, 3.8) is 0 Å². The van der Waals surface area contributed by atoms with Crippen molar-refractivity contribution in [3.8, 4) is 0 Å². The Morgan fingerprint density at radius 3 is 2.48 bits per heavy atom. The van der Waals surface area contributed by atoms with Gasteiger partial charge in [-0.25, -0.2) is 8.42 Å². The van der Waals surface area contributed by atoms with E-state index in [1.165, 1.54) is 10.4 Å². The number of nitrogens with one attached hydrogen (secondary N) is 1. The molecule has 1 N–H and O–H groups in total. The molecule has 5 nitrogen and oxygen atoms in total. The van der Waals surface area contributed by atoms with Crippen LogP contribution in [0.1, 0.15) is 22.3 Å². The average Bonchev–Trinajstić information content (AvgIpc) is 2.91. The second-order valence-corrected chi connectivity index (χ2v) is 8.65. The summed E-state index contributed by atoms with van der Waals surface area (Å²) in [5, 5.41) is 3.49. The zero-order valence-corrected chi connectivity index (χ0v) is 15.7. The van der Waals surface area contributed by atoms with Crippen LogP contribution in [0.3, 0.4) is 0 Å². The van der Waals surface area contributed by atoms with Crippen molar-refractivity contribution >= 4 is 50.5 Å². The van der Waals surface area contributed by atoms with Crippen molar-refractivity contribution < 1.29 is 13.2 Å². The fourth-order valence-electron chi connectivity index (χ4n) is 2.70. The Balaban J connectivity index is 1.81. The zero-order valence-electron chi connectivity index (χ0n) is 13.4. The lowest BCUT2D eigenvalue weighted by Crippen LogP contribution is -2.25. The van der Waals surface area contributed by atoms with E-state index in [0.29, 0.717) is 39.9 Å². The van der Waals surface area contributed by atoms with E-state index >= 15 is 0 Å². The Morgan fingerprint density at radius 1 is 1.12 bits per heavy atom. The quantitative estimate of drug-likeness (QED) is 0.846. The molecule has 0 bridgehead atoms. The maximum atomic E-state index is 12.4. The normalized spacial score (nSPS) is 16.0. The van der Waals surface area contributed by atoms with Crippen molar-refractivity contribution in [1.82, 2.24) is 0 Å². The molecule has 0 spiro atoms. The minimum atomic E-state index is -3.23. The van der Waals surface area contributed by atoms with E-state index in [0.717, 1.165) is 5.56 Å². The Hall–Kier alpha value is -1.76. The summed E-state index contributed by atoms with van der Waals surface area (Å²) in [6, 6.07) is 9.80. The molecule has 1 heterocycles. The molecule has 0 radical (unpaired) electrons. The molecule has 0 aliphatic carbocycles. The van der Waals surface area contributed by atoms with Crippen LogP contribution >= 0.6 is 23.2 Å².